The van der Waals surface area contributed by atoms with E-state index in [4.69, 9.17) is 4.74 Å². The molecule has 3 atom stereocenters. The molecule has 2 rings (SSSR count). The lowest BCUT2D eigenvalue weighted by molar-refractivity contribution is -0.121. The molecule has 1 aliphatic heterocycles. The number of unbranched alkanes of at least 4 members (excludes halogenated alkanes) is 4. The molecule has 0 aromatic rings. The second-order valence-electron chi connectivity index (χ2n) is 7.09. The molecule has 0 aromatic heterocycles. The minimum atomic E-state index is -0.737. The number of hydrogen-bond acceptors (Lipinski definition) is 5. The van der Waals surface area contributed by atoms with Crippen molar-refractivity contribution in [3.8, 4) is 0 Å². The van der Waals surface area contributed by atoms with E-state index in [2.05, 4.69) is 11.8 Å². The first kappa shape index (κ1) is 19.4. The summed E-state index contributed by atoms with van der Waals surface area (Å²) in [6, 6.07) is 0. The number of ketones is 1. The van der Waals surface area contributed by atoms with Gasteiger partial charge < -0.3 is 14.9 Å². The Labute approximate surface area is 145 Å². The summed E-state index contributed by atoms with van der Waals surface area (Å²) in [4.78, 5) is 14.5. The summed E-state index contributed by atoms with van der Waals surface area (Å²) >= 11 is 0. The smallest absolute Gasteiger partial charge is 0.139 e. The van der Waals surface area contributed by atoms with Crippen LogP contribution in [0.3, 0.4) is 0 Å². The summed E-state index contributed by atoms with van der Waals surface area (Å²) in [5.41, 5.74) is 0. The van der Waals surface area contributed by atoms with E-state index in [1.165, 1.54) is 12.8 Å². The van der Waals surface area contributed by atoms with Gasteiger partial charge in [-0.25, -0.2) is 0 Å². The number of hydrogen-bond donors (Lipinski definition) is 2. The third-order valence-electron chi connectivity index (χ3n) is 5.28. The predicted octanol–water partition coefficient (Wildman–Crippen LogP) is 2.69. The zero-order chi connectivity index (χ0) is 17.4. The van der Waals surface area contributed by atoms with E-state index >= 15 is 0 Å². The number of ether oxygens (including phenoxy) is 1. The Bertz CT molecular complexity index is 418. The van der Waals surface area contributed by atoms with Crippen molar-refractivity contribution in [2.75, 3.05) is 32.8 Å². The molecule has 5 heteroatoms. The van der Waals surface area contributed by atoms with Gasteiger partial charge in [0.05, 0.1) is 31.0 Å². The Hall–Kier alpha value is -0.910. The zero-order valence-corrected chi connectivity index (χ0v) is 15.0. The van der Waals surface area contributed by atoms with Gasteiger partial charge in [-0.1, -0.05) is 26.2 Å². The summed E-state index contributed by atoms with van der Waals surface area (Å²) in [6.07, 6.45) is 7.39. The minimum Gasteiger partial charge on any atom is -0.512 e. The van der Waals surface area contributed by atoms with E-state index in [1.54, 1.807) is 0 Å². The molecule has 2 fully saturated rings. The number of aliphatic hydroxyl groups excluding tert-OH is 2. The fourth-order valence-corrected chi connectivity index (χ4v) is 3.80. The Morgan fingerprint density at radius 2 is 2.04 bits per heavy atom. The molecule has 1 saturated heterocycles. The maximum Gasteiger partial charge on any atom is 0.139 e. The quantitative estimate of drug-likeness (QED) is 0.499. The largest absolute Gasteiger partial charge is 0.512 e. The Kier molecular flexibility index (Phi) is 8.22. The van der Waals surface area contributed by atoms with Crippen LogP contribution < -0.4 is 0 Å². The van der Waals surface area contributed by atoms with Crippen LogP contribution in [0.1, 0.15) is 51.9 Å². The minimum absolute atomic E-state index is 0.0895. The van der Waals surface area contributed by atoms with Crippen LogP contribution in [0.5, 0.6) is 0 Å². The first-order valence-corrected chi connectivity index (χ1v) is 9.53. The lowest BCUT2D eigenvalue weighted by Gasteiger charge is -2.28. The summed E-state index contributed by atoms with van der Waals surface area (Å²) in [5, 5.41) is 20.6. The number of carbonyl (C=O) groups is 1. The van der Waals surface area contributed by atoms with Crippen molar-refractivity contribution in [2.24, 2.45) is 11.8 Å². The molecular weight excluding hydrogens is 306 g/mol. The summed E-state index contributed by atoms with van der Waals surface area (Å²) < 4.78 is 5.34. The number of morpholine rings is 1. The first-order valence-electron chi connectivity index (χ1n) is 9.53. The lowest BCUT2D eigenvalue weighted by Crippen LogP contribution is -2.38. The number of aliphatic hydroxyl groups is 2. The lowest BCUT2D eigenvalue weighted by atomic mass is 9.88. The molecule has 0 spiro atoms. The summed E-state index contributed by atoms with van der Waals surface area (Å²) in [7, 11) is 0. The maximum atomic E-state index is 12.2. The molecule has 0 radical (unpaired) electrons. The van der Waals surface area contributed by atoms with Crippen molar-refractivity contribution >= 4 is 5.78 Å². The molecule has 138 valence electrons. The Balaban J connectivity index is 1.86. The average molecular weight is 339 g/mol. The number of nitrogens with zero attached hydrogens (tertiary/aromatic N) is 1. The first-order chi connectivity index (χ1) is 11.6. The fraction of sp³-hybridized carbons (Fsp3) is 0.842. The van der Waals surface area contributed by atoms with Crippen molar-refractivity contribution < 1.29 is 19.7 Å². The van der Waals surface area contributed by atoms with Crippen LogP contribution in [0.4, 0.5) is 0 Å². The monoisotopic (exact) mass is 339 g/mol. The topological polar surface area (TPSA) is 70.0 Å². The van der Waals surface area contributed by atoms with Gasteiger partial charge in [0, 0.05) is 25.4 Å². The van der Waals surface area contributed by atoms with E-state index < -0.39 is 12.0 Å². The molecule has 0 bridgehead atoms. The van der Waals surface area contributed by atoms with Crippen LogP contribution in [0.2, 0.25) is 0 Å². The highest BCUT2D eigenvalue weighted by Crippen LogP contribution is 2.36. The van der Waals surface area contributed by atoms with Crippen LogP contribution in [0.25, 0.3) is 0 Å². The highest BCUT2D eigenvalue weighted by Gasteiger charge is 2.43. The summed E-state index contributed by atoms with van der Waals surface area (Å²) in [5.74, 6) is -0.358. The highest BCUT2D eigenvalue weighted by atomic mass is 16.5. The van der Waals surface area contributed by atoms with Crippen LogP contribution in [-0.2, 0) is 9.53 Å². The van der Waals surface area contributed by atoms with E-state index in [1.807, 2.05) is 6.08 Å². The van der Waals surface area contributed by atoms with Gasteiger partial charge in [0.25, 0.3) is 0 Å². The third-order valence-corrected chi connectivity index (χ3v) is 5.28. The SMILES string of the molecule is CCCCCCC=C(O)[C@H]1[C@H](O)CC(=O)[C@@H]1CCN1CCOCC1. The molecule has 24 heavy (non-hydrogen) atoms. The molecule has 2 N–H and O–H groups in total. The maximum absolute atomic E-state index is 12.2. The number of rotatable bonds is 9. The van der Waals surface area contributed by atoms with Crippen molar-refractivity contribution in [3.63, 3.8) is 0 Å². The molecule has 1 saturated carbocycles. The van der Waals surface area contributed by atoms with E-state index in [0.29, 0.717) is 6.42 Å². The van der Waals surface area contributed by atoms with Gasteiger partial charge in [-0.15, -0.1) is 0 Å². The molecule has 2 aliphatic rings. The van der Waals surface area contributed by atoms with Crippen LogP contribution >= 0.6 is 0 Å². The standard InChI is InChI=1S/C19H33NO4/c1-2-3-4-5-6-7-16(21)19-15(17(22)14-18(19)23)8-9-20-10-12-24-13-11-20/h7,15,18-19,21,23H,2-6,8-14H2,1H3/t15-,18+,19-/m0/s1. The third kappa shape index (κ3) is 5.57. The van der Waals surface area contributed by atoms with Gasteiger partial charge in [0.15, 0.2) is 0 Å². The van der Waals surface area contributed by atoms with Crippen molar-refractivity contribution in [1.29, 1.82) is 0 Å². The van der Waals surface area contributed by atoms with Crippen molar-refractivity contribution in [1.82, 2.24) is 4.90 Å². The molecular formula is C19H33NO4. The fourth-order valence-electron chi connectivity index (χ4n) is 3.80. The molecule has 0 amide bonds. The number of Topliss-reactive ketones (excluding diaryl/α,β-unsaturated/α-hetero) is 1. The molecule has 5 nitrogen and oxygen atoms in total. The van der Waals surface area contributed by atoms with Crippen molar-refractivity contribution in [3.05, 3.63) is 11.8 Å². The number of allylic oxidation sites excluding steroid dienone is 1. The Morgan fingerprint density at radius 3 is 2.75 bits per heavy atom. The number of carbonyl (C=O) groups excluding carboxylic acids is 1. The predicted molar refractivity (Wildman–Crippen MR) is 94.0 cm³/mol. The van der Waals surface area contributed by atoms with Crippen LogP contribution in [0, 0.1) is 11.8 Å². The van der Waals surface area contributed by atoms with Gasteiger partial charge in [-0.05, 0) is 31.9 Å². The Morgan fingerprint density at radius 1 is 1.29 bits per heavy atom. The van der Waals surface area contributed by atoms with Crippen molar-refractivity contribution in [2.45, 2.75) is 58.0 Å². The molecule has 0 unspecified atom stereocenters. The highest BCUT2D eigenvalue weighted by molar-refractivity contribution is 5.84. The van der Waals surface area contributed by atoms with E-state index in [-0.39, 0.29) is 23.9 Å². The van der Waals surface area contributed by atoms with Gasteiger partial charge in [-0.3, -0.25) is 9.69 Å². The molecule has 1 heterocycles. The van der Waals surface area contributed by atoms with Crippen LogP contribution in [-0.4, -0.2) is 59.8 Å². The summed E-state index contributed by atoms with van der Waals surface area (Å²) in [6.45, 7) is 6.28. The average Bonchev–Trinajstić information content (AvgIpc) is 2.87. The van der Waals surface area contributed by atoms with Gasteiger partial charge in [-0.2, -0.15) is 0 Å². The van der Waals surface area contributed by atoms with Crippen LogP contribution in [0.15, 0.2) is 11.8 Å². The zero-order valence-electron chi connectivity index (χ0n) is 15.0. The second kappa shape index (κ2) is 10.2. The van der Waals surface area contributed by atoms with E-state index in [0.717, 1.165) is 52.1 Å². The molecule has 1 aliphatic carbocycles. The molecule has 0 aromatic carbocycles. The normalized spacial score (nSPS) is 29.3. The second-order valence-corrected chi connectivity index (χ2v) is 7.09. The van der Waals surface area contributed by atoms with Gasteiger partial charge >= 0.3 is 0 Å². The van der Waals surface area contributed by atoms with E-state index in [9.17, 15) is 15.0 Å². The van der Waals surface area contributed by atoms with Gasteiger partial charge in [0.2, 0.25) is 0 Å². The van der Waals surface area contributed by atoms with Gasteiger partial charge in [0.1, 0.15) is 5.78 Å².